The number of aromatic amines is 1. The summed E-state index contributed by atoms with van der Waals surface area (Å²) in [5.41, 5.74) is 2.83. The smallest absolute Gasteiger partial charge is 0.225 e. The largest absolute Gasteiger partial charge is 0.497 e. The lowest BCUT2D eigenvalue weighted by molar-refractivity contribution is -0.121. The maximum atomic E-state index is 12.6. The van der Waals surface area contributed by atoms with Crippen LogP contribution in [0.25, 0.3) is 11.0 Å². The van der Waals surface area contributed by atoms with E-state index in [4.69, 9.17) is 4.74 Å². The van der Waals surface area contributed by atoms with Gasteiger partial charge in [-0.3, -0.25) is 4.79 Å². The summed E-state index contributed by atoms with van der Waals surface area (Å²) in [6.45, 7) is 0. The van der Waals surface area contributed by atoms with Gasteiger partial charge in [0, 0.05) is 0 Å². The molecule has 0 saturated carbocycles. The third-order valence-corrected chi connectivity index (χ3v) is 4.83. The Morgan fingerprint density at radius 2 is 2.12 bits per heavy atom. The fraction of sp³-hybridized carbons (Fsp3) is 0.300. The van der Waals surface area contributed by atoms with Crippen LogP contribution in [0.5, 0.6) is 5.75 Å². The average molecular weight is 369 g/mol. The Balaban J connectivity index is 1.73. The third kappa shape index (κ3) is 4.58. The van der Waals surface area contributed by atoms with Crippen molar-refractivity contribution >= 4 is 28.7 Å². The maximum Gasteiger partial charge on any atom is 0.225 e. The number of rotatable bonds is 8. The lowest BCUT2D eigenvalue weighted by atomic mass is 10.1. The van der Waals surface area contributed by atoms with Crippen LogP contribution in [0.4, 0.5) is 0 Å². The van der Waals surface area contributed by atoms with Crippen molar-refractivity contribution in [2.75, 3.05) is 19.1 Å². The van der Waals surface area contributed by atoms with E-state index in [-0.39, 0.29) is 11.9 Å². The second kappa shape index (κ2) is 8.76. The summed E-state index contributed by atoms with van der Waals surface area (Å²) in [6.07, 6.45) is 3.20. The number of para-hydroxylation sites is 2. The summed E-state index contributed by atoms with van der Waals surface area (Å²) >= 11 is 1.76. The first-order valence-corrected chi connectivity index (χ1v) is 9.95. The van der Waals surface area contributed by atoms with Crippen LogP contribution in [0.1, 0.15) is 23.9 Å². The molecule has 2 N–H and O–H groups in total. The number of carbonyl (C=O) groups is 1. The molecule has 2 aromatic carbocycles. The summed E-state index contributed by atoms with van der Waals surface area (Å²) in [7, 11) is 1.62. The zero-order valence-corrected chi connectivity index (χ0v) is 15.8. The predicted octanol–water partition coefficient (Wildman–Crippen LogP) is 3.72. The standard InChI is InChI=1S/C20H23N3O2S/c1-25-15-7-5-6-14(12-15)13-19(24)21-18(10-11-26-2)20-22-16-8-3-4-9-17(16)23-20/h3-9,12,18H,10-11,13H2,1-2H3,(H,21,24)(H,22,23)/t18-/m0/s1. The molecule has 1 amide bonds. The molecule has 0 radical (unpaired) electrons. The summed E-state index contributed by atoms with van der Waals surface area (Å²) in [5, 5.41) is 3.13. The van der Waals surface area contributed by atoms with Crippen molar-refractivity contribution in [3.05, 3.63) is 59.9 Å². The van der Waals surface area contributed by atoms with Crippen LogP contribution in [-0.4, -0.2) is 35.0 Å². The van der Waals surface area contributed by atoms with Gasteiger partial charge in [0.1, 0.15) is 11.6 Å². The van der Waals surface area contributed by atoms with Gasteiger partial charge in [0.15, 0.2) is 0 Å². The minimum absolute atomic E-state index is 0.0233. The number of carbonyl (C=O) groups excluding carboxylic acids is 1. The van der Waals surface area contributed by atoms with Crippen molar-refractivity contribution in [1.29, 1.82) is 0 Å². The molecular weight excluding hydrogens is 346 g/mol. The molecule has 0 aliphatic heterocycles. The number of hydrogen-bond donors (Lipinski definition) is 2. The Hall–Kier alpha value is -2.47. The average Bonchev–Trinajstić information content (AvgIpc) is 3.09. The first-order chi connectivity index (χ1) is 12.7. The van der Waals surface area contributed by atoms with Gasteiger partial charge in [-0.15, -0.1) is 0 Å². The van der Waals surface area contributed by atoms with Crippen molar-refractivity contribution in [1.82, 2.24) is 15.3 Å². The summed E-state index contributed by atoms with van der Waals surface area (Å²) in [6, 6.07) is 15.4. The van der Waals surface area contributed by atoms with Gasteiger partial charge >= 0.3 is 0 Å². The van der Waals surface area contributed by atoms with Crippen molar-refractivity contribution in [2.45, 2.75) is 18.9 Å². The van der Waals surface area contributed by atoms with Gasteiger partial charge in [-0.05, 0) is 48.3 Å². The van der Waals surface area contributed by atoms with Gasteiger partial charge in [0.05, 0.1) is 30.6 Å². The third-order valence-electron chi connectivity index (χ3n) is 4.18. The summed E-state index contributed by atoms with van der Waals surface area (Å²) in [4.78, 5) is 20.6. The van der Waals surface area contributed by atoms with E-state index in [0.717, 1.165) is 40.3 Å². The number of H-pyrrole nitrogens is 1. The van der Waals surface area contributed by atoms with E-state index in [1.54, 1.807) is 18.9 Å². The van der Waals surface area contributed by atoms with E-state index in [1.807, 2.05) is 48.5 Å². The molecule has 3 rings (SSSR count). The lowest BCUT2D eigenvalue weighted by Gasteiger charge is -2.16. The second-order valence-electron chi connectivity index (χ2n) is 6.07. The highest BCUT2D eigenvalue weighted by Crippen LogP contribution is 2.20. The van der Waals surface area contributed by atoms with Gasteiger partial charge in [0.25, 0.3) is 0 Å². The number of methoxy groups -OCH3 is 1. The zero-order valence-electron chi connectivity index (χ0n) is 15.0. The first kappa shape index (κ1) is 18.3. The molecular formula is C20H23N3O2S. The molecule has 1 atom stereocenters. The molecule has 0 bridgehead atoms. The Kier molecular flexibility index (Phi) is 6.17. The van der Waals surface area contributed by atoms with Crippen LogP contribution in [0, 0.1) is 0 Å². The molecule has 0 saturated heterocycles. The van der Waals surface area contributed by atoms with E-state index in [2.05, 4.69) is 21.5 Å². The molecule has 0 aliphatic carbocycles. The van der Waals surface area contributed by atoms with Crippen molar-refractivity contribution < 1.29 is 9.53 Å². The lowest BCUT2D eigenvalue weighted by Crippen LogP contribution is -2.31. The Morgan fingerprint density at radius 3 is 2.88 bits per heavy atom. The van der Waals surface area contributed by atoms with Crippen LogP contribution in [0.2, 0.25) is 0 Å². The Bertz CT molecular complexity index is 845. The molecule has 3 aromatic rings. The molecule has 1 aromatic heterocycles. The SMILES string of the molecule is COc1cccc(CC(=O)N[C@@H](CCSC)c2nc3ccccc3[nH]2)c1. The number of nitrogens with zero attached hydrogens (tertiary/aromatic N) is 1. The van der Waals surface area contributed by atoms with Gasteiger partial charge < -0.3 is 15.0 Å². The monoisotopic (exact) mass is 369 g/mol. The molecule has 1 heterocycles. The van der Waals surface area contributed by atoms with Gasteiger partial charge in [-0.1, -0.05) is 24.3 Å². The topological polar surface area (TPSA) is 67.0 Å². The number of amides is 1. The number of aromatic nitrogens is 2. The van der Waals surface area contributed by atoms with Crippen LogP contribution >= 0.6 is 11.8 Å². The highest BCUT2D eigenvalue weighted by Gasteiger charge is 2.18. The Labute approximate surface area is 157 Å². The molecule has 136 valence electrons. The minimum atomic E-state index is -0.132. The van der Waals surface area contributed by atoms with Crippen LogP contribution in [0.15, 0.2) is 48.5 Å². The van der Waals surface area contributed by atoms with Gasteiger partial charge in [-0.25, -0.2) is 4.98 Å². The summed E-state index contributed by atoms with van der Waals surface area (Å²) in [5.74, 6) is 2.48. The first-order valence-electron chi connectivity index (χ1n) is 8.55. The van der Waals surface area contributed by atoms with Crippen LogP contribution in [0.3, 0.4) is 0 Å². The number of benzene rings is 2. The number of nitrogens with one attached hydrogen (secondary N) is 2. The van der Waals surface area contributed by atoms with E-state index >= 15 is 0 Å². The maximum absolute atomic E-state index is 12.6. The van der Waals surface area contributed by atoms with Crippen molar-refractivity contribution in [3.63, 3.8) is 0 Å². The minimum Gasteiger partial charge on any atom is -0.497 e. The van der Waals surface area contributed by atoms with Crippen LogP contribution in [-0.2, 0) is 11.2 Å². The normalized spacial score (nSPS) is 12.1. The zero-order chi connectivity index (χ0) is 18.4. The molecule has 6 heteroatoms. The molecule has 0 unspecified atom stereocenters. The molecule has 0 aliphatic rings. The number of fused-ring (bicyclic) bond motifs is 1. The van der Waals surface area contributed by atoms with E-state index in [1.165, 1.54) is 0 Å². The fourth-order valence-corrected chi connectivity index (χ4v) is 3.34. The second-order valence-corrected chi connectivity index (χ2v) is 7.05. The quantitative estimate of drug-likeness (QED) is 0.635. The van der Waals surface area contributed by atoms with Crippen LogP contribution < -0.4 is 10.1 Å². The Morgan fingerprint density at radius 1 is 1.27 bits per heavy atom. The molecule has 5 nitrogen and oxygen atoms in total. The molecule has 26 heavy (non-hydrogen) atoms. The van der Waals surface area contributed by atoms with Crippen molar-refractivity contribution in [3.8, 4) is 5.75 Å². The van der Waals surface area contributed by atoms with Crippen molar-refractivity contribution in [2.24, 2.45) is 0 Å². The molecule has 0 spiro atoms. The number of ether oxygens (including phenoxy) is 1. The number of thioether (sulfide) groups is 1. The number of imidazole rings is 1. The molecule has 0 fully saturated rings. The van der Waals surface area contributed by atoms with E-state index in [0.29, 0.717) is 6.42 Å². The number of hydrogen-bond acceptors (Lipinski definition) is 4. The van der Waals surface area contributed by atoms with E-state index < -0.39 is 0 Å². The highest BCUT2D eigenvalue weighted by atomic mass is 32.2. The highest BCUT2D eigenvalue weighted by molar-refractivity contribution is 7.98. The fourth-order valence-electron chi connectivity index (χ4n) is 2.86. The predicted molar refractivity (Wildman–Crippen MR) is 107 cm³/mol. The van der Waals surface area contributed by atoms with Gasteiger partial charge in [0.2, 0.25) is 5.91 Å². The summed E-state index contributed by atoms with van der Waals surface area (Å²) < 4.78 is 5.22. The van der Waals surface area contributed by atoms with Gasteiger partial charge in [-0.2, -0.15) is 11.8 Å². The van der Waals surface area contributed by atoms with E-state index in [9.17, 15) is 4.79 Å².